The molecule has 0 saturated carbocycles. The highest BCUT2D eigenvalue weighted by Crippen LogP contribution is 2.38. The Morgan fingerprint density at radius 2 is 1.76 bits per heavy atom. The van der Waals surface area contributed by atoms with E-state index in [0.29, 0.717) is 5.69 Å². The van der Waals surface area contributed by atoms with E-state index in [1.54, 1.807) is 6.08 Å². The molecule has 1 aliphatic rings. The fourth-order valence-electron chi connectivity index (χ4n) is 1.90. The summed E-state index contributed by atoms with van der Waals surface area (Å²) in [7, 11) is -0.513. The summed E-state index contributed by atoms with van der Waals surface area (Å²) in [6.07, 6.45) is 3.30. The molecule has 0 spiro atoms. The van der Waals surface area contributed by atoms with Crippen LogP contribution in [-0.2, 0) is 9.31 Å². The molecule has 114 valence electrons. The number of hydrogen-bond acceptors (Lipinski definition) is 7. The van der Waals surface area contributed by atoms with Crippen LogP contribution in [0.1, 0.15) is 33.4 Å². The van der Waals surface area contributed by atoms with Crippen molar-refractivity contribution >= 4 is 24.8 Å². The molecule has 0 aliphatic carbocycles. The molecule has 0 radical (unpaired) electrons. The third-order valence-corrected chi connectivity index (χ3v) is 3.97. The summed E-state index contributed by atoms with van der Waals surface area (Å²) in [5.41, 5.74) is 17.5. The number of nitrogens with zero attached hydrogens (tertiary/aromatic N) is 2. The molecule has 1 aromatic heterocycles. The van der Waals surface area contributed by atoms with Crippen LogP contribution in [0, 0.1) is 0 Å². The molecular weight excluding hydrogens is 269 g/mol. The average molecular weight is 291 g/mol. The first kappa shape index (κ1) is 15.7. The molecule has 0 unspecified atom stereocenters. The van der Waals surface area contributed by atoms with Gasteiger partial charge in [-0.2, -0.15) is 0 Å². The normalized spacial score (nSPS) is 20.8. The van der Waals surface area contributed by atoms with Crippen LogP contribution in [0.2, 0.25) is 0 Å². The van der Waals surface area contributed by atoms with Crippen LogP contribution in [0.25, 0.3) is 6.08 Å². The molecule has 1 aromatic rings. The minimum absolute atomic E-state index is 0.189. The lowest BCUT2D eigenvalue weighted by atomic mass is 9.77. The maximum absolute atomic E-state index is 5.97. The second kappa shape index (κ2) is 5.29. The van der Waals surface area contributed by atoms with Crippen LogP contribution >= 0.6 is 0 Å². The summed E-state index contributed by atoms with van der Waals surface area (Å²) >= 11 is 0. The van der Waals surface area contributed by atoms with Gasteiger partial charge in [-0.15, -0.1) is 0 Å². The molecule has 1 aliphatic heterocycles. The summed E-state index contributed by atoms with van der Waals surface area (Å²) in [5.74, 6) is 0.395. The van der Waals surface area contributed by atoms with Gasteiger partial charge in [0, 0.05) is 6.54 Å². The Labute approximate surface area is 125 Å². The highest BCUT2D eigenvalue weighted by molar-refractivity contribution is 6.55. The van der Waals surface area contributed by atoms with Crippen molar-refractivity contribution in [1.29, 1.82) is 0 Å². The maximum atomic E-state index is 5.97. The summed E-state index contributed by atoms with van der Waals surface area (Å²) in [6.45, 7) is 8.23. The van der Waals surface area contributed by atoms with Gasteiger partial charge in [-0.3, -0.25) is 0 Å². The highest BCUT2D eigenvalue weighted by Gasteiger charge is 2.52. The van der Waals surface area contributed by atoms with Crippen molar-refractivity contribution in [3.05, 3.63) is 17.4 Å². The monoisotopic (exact) mass is 291 g/mol. The predicted octanol–water partition coefficient (Wildman–Crippen LogP) is 0.615. The van der Waals surface area contributed by atoms with Gasteiger partial charge in [-0.05, 0) is 39.2 Å². The van der Waals surface area contributed by atoms with E-state index >= 15 is 0 Å². The number of nitrogens with two attached hydrogens (primary N) is 3. The van der Waals surface area contributed by atoms with Crippen molar-refractivity contribution in [2.75, 3.05) is 18.0 Å². The van der Waals surface area contributed by atoms with Crippen LogP contribution in [0.3, 0.4) is 0 Å². The number of aromatic nitrogens is 2. The molecule has 7 nitrogen and oxygen atoms in total. The summed E-state index contributed by atoms with van der Waals surface area (Å²) in [6, 6.07) is 0. The quantitative estimate of drug-likeness (QED) is 0.697. The fourth-order valence-corrected chi connectivity index (χ4v) is 1.90. The van der Waals surface area contributed by atoms with Crippen LogP contribution < -0.4 is 17.2 Å². The van der Waals surface area contributed by atoms with Gasteiger partial charge in [-0.25, -0.2) is 9.97 Å². The minimum Gasteiger partial charge on any atom is -0.400 e. The van der Waals surface area contributed by atoms with Crippen molar-refractivity contribution in [3.63, 3.8) is 0 Å². The minimum atomic E-state index is -0.513. The van der Waals surface area contributed by atoms with Gasteiger partial charge >= 0.3 is 7.12 Å². The zero-order valence-electron chi connectivity index (χ0n) is 12.9. The topological polar surface area (TPSA) is 122 Å². The lowest BCUT2D eigenvalue weighted by Gasteiger charge is -2.32. The van der Waals surface area contributed by atoms with Crippen LogP contribution in [0.4, 0.5) is 11.6 Å². The highest BCUT2D eigenvalue weighted by atomic mass is 16.7. The molecule has 8 heteroatoms. The van der Waals surface area contributed by atoms with E-state index in [9.17, 15) is 0 Å². The van der Waals surface area contributed by atoms with Crippen LogP contribution in [-0.4, -0.2) is 34.8 Å². The van der Waals surface area contributed by atoms with Gasteiger partial charge in [0.1, 0.15) is 0 Å². The van der Waals surface area contributed by atoms with E-state index in [2.05, 4.69) is 9.97 Å². The third kappa shape index (κ3) is 3.02. The Bertz CT molecular complexity index is 558. The van der Waals surface area contributed by atoms with Crippen molar-refractivity contribution in [2.24, 2.45) is 5.73 Å². The first-order valence-electron chi connectivity index (χ1n) is 6.80. The molecule has 0 aromatic carbocycles. The van der Waals surface area contributed by atoms with Gasteiger partial charge in [0.05, 0.1) is 23.1 Å². The second-order valence-corrected chi connectivity index (χ2v) is 6.08. The number of rotatable bonds is 3. The lowest BCUT2D eigenvalue weighted by molar-refractivity contribution is 0.00578. The molecule has 2 rings (SSSR count). The summed E-state index contributed by atoms with van der Waals surface area (Å²) < 4.78 is 11.9. The van der Waals surface area contributed by atoms with Crippen molar-refractivity contribution in [1.82, 2.24) is 9.97 Å². The average Bonchev–Trinajstić information content (AvgIpc) is 2.59. The molecule has 0 atom stereocenters. The number of hydrogen-bond donors (Lipinski definition) is 3. The Morgan fingerprint density at radius 1 is 1.19 bits per heavy atom. The van der Waals surface area contributed by atoms with E-state index in [-0.39, 0.29) is 18.2 Å². The molecule has 1 saturated heterocycles. The SMILES string of the molecule is CC1(C)OB(C(=Cc2cnc(N)c(N)n2)CN)OC1(C)C. The molecule has 1 fully saturated rings. The fraction of sp³-hybridized carbons (Fsp3) is 0.538. The summed E-state index contributed by atoms with van der Waals surface area (Å²) in [4.78, 5) is 8.12. The van der Waals surface area contributed by atoms with Gasteiger partial charge in [0.15, 0.2) is 11.6 Å². The zero-order chi connectivity index (χ0) is 15.8. The number of anilines is 2. The predicted molar refractivity (Wildman–Crippen MR) is 84.0 cm³/mol. The Balaban J connectivity index is 2.28. The van der Waals surface area contributed by atoms with Gasteiger partial charge in [0.25, 0.3) is 0 Å². The largest absolute Gasteiger partial charge is 0.491 e. The van der Waals surface area contributed by atoms with Crippen molar-refractivity contribution in [2.45, 2.75) is 38.9 Å². The standard InChI is InChI=1S/C13H22BN5O2/c1-12(2)13(3,4)21-14(20-12)8(6-15)5-9-7-18-10(16)11(17)19-9/h5,7H,6,15H2,1-4H3,(H2,16,18)(H2,17,19). The summed E-state index contributed by atoms with van der Waals surface area (Å²) in [5, 5.41) is 0. The second-order valence-electron chi connectivity index (χ2n) is 6.08. The smallest absolute Gasteiger partial charge is 0.400 e. The molecule has 6 N–H and O–H groups in total. The van der Waals surface area contributed by atoms with E-state index in [1.165, 1.54) is 6.20 Å². The van der Waals surface area contributed by atoms with Gasteiger partial charge < -0.3 is 26.5 Å². The zero-order valence-corrected chi connectivity index (χ0v) is 12.9. The Hall–Kier alpha value is -1.64. The van der Waals surface area contributed by atoms with Crippen LogP contribution in [0.15, 0.2) is 11.7 Å². The van der Waals surface area contributed by atoms with E-state index in [1.807, 2.05) is 27.7 Å². The first-order valence-corrected chi connectivity index (χ1v) is 6.80. The number of nitrogen functional groups attached to an aromatic ring is 2. The molecule has 0 bridgehead atoms. The first-order chi connectivity index (χ1) is 9.66. The van der Waals surface area contributed by atoms with Gasteiger partial charge in [0.2, 0.25) is 0 Å². The lowest BCUT2D eigenvalue weighted by Crippen LogP contribution is -2.41. The maximum Gasteiger partial charge on any atom is 0.491 e. The third-order valence-electron chi connectivity index (χ3n) is 3.97. The van der Waals surface area contributed by atoms with E-state index in [4.69, 9.17) is 26.5 Å². The Morgan fingerprint density at radius 3 is 2.24 bits per heavy atom. The van der Waals surface area contributed by atoms with Gasteiger partial charge in [-0.1, -0.05) is 0 Å². The van der Waals surface area contributed by atoms with E-state index in [0.717, 1.165) is 5.47 Å². The molecule has 21 heavy (non-hydrogen) atoms. The van der Waals surface area contributed by atoms with Crippen molar-refractivity contribution < 1.29 is 9.31 Å². The van der Waals surface area contributed by atoms with Crippen LogP contribution in [0.5, 0.6) is 0 Å². The van der Waals surface area contributed by atoms with E-state index < -0.39 is 18.3 Å². The molecular formula is C13H22BN5O2. The molecule has 0 amide bonds. The Kier molecular flexibility index (Phi) is 3.96. The van der Waals surface area contributed by atoms with Crippen molar-refractivity contribution in [3.8, 4) is 0 Å². The molecule has 2 heterocycles.